The molecule has 5 nitrogen and oxygen atoms in total. The summed E-state index contributed by atoms with van der Waals surface area (Å²) in [4.78, 5) is 26.9. The molecule has 154 valence electrons. The van der Waals surface area contributed by atoms with Crippen LogP contribution in [0.15, 0.2) is 36.4 Å². The Morgan fingerprint density at radius 2 is 1.79 bits per heavy atom. The smallest absolute Gasteiger partial charge is 0.323 e. The third-order valence-electron chi connectivity index (χ3n) is 4.21. The Morgan fingerprint density at radius 3 is 2.45 bits per heavy atom. The summed E-state index contributed by atoms with van der Waals surface area (Å²) < 4.78 is 64.9. The summed E-state index contributed by atoms with van der Waals surface area (Å²) in [5, 5.41) is 2.15. The molecule has 1 saturated heterocycles. The second-order valence-corrected chi connectivity index (χ2v) is 6.60. The maximum Gasteiger partial charge on any atom is 0.416 e. The molecule has 0 spiro atoms. The maximum atomic E-state index is 13.4. The molecule has 0 unspecified atom stereocenters. The number of hydrogen-bond donors (Lipinski definition) is 1. The number of nitrogens with zero attached hydrogens (tertiary/aromatic N) is 2. The van der Waals surface area contributed by atoms with Crippen LogP contribution in [-0.2, 0) is 11.0 Å². The largest absolute Gasteiger partial charge is 0.416 e. The van der Waals surface area contributed by atoms with Crippen molar-refractivity contribution >= 4 is 34.9 Å². The number of rotatable bonds is 4. The van der Waals surface area contributed by atoms with Crippen LogP contribution in [0.3, 0.4) is 0 Å². The molecule has 0 aromatic heterocycles. The summed E-state index contributed by atoms with van der Waals surface area (Å²) in [6.45, 7) is -0.214. The number of urea groups is 1. The molecule has 1 fully saturated rings. The fourth-order valence-corrected chi connectivity index (χ4v) is 2.95. The molecule has 11 heteroatoms. The minimum Gasteiger partial charge on any atom is -0.323 e. The predicted octanol–water partition coefficient (Wildman–Crippen LogP) is 4.52. The van der Waals surface area contributed by atoms with Crippen molar-refractivity contribution < 1.29 is 31.5 Å². The first kappa shape index (κ1) is 20.8. The van der Waals surface area contributed by atoms with Gasteiger partial charge >= 0.3 is 12.2 Å². The van der Waals surface area contributed by atoms with Gasteiger partial charge in [-0.1, -0.05) is 11.6 Å². The Hall–Kier alpha value is -2.88. The van der Waals surface area contributed by atoms with Crippen molar-refractivity contribution in [1.82, 2.24) is 4.90 Å². The van der Waals surface area contributed by atoms with E-state index in [-0.39, 0.29) is 29.5 Å². The zero-order chi connectivity index (χ0) is 21.3. The number of carbonyl (C=O) groups is 2. The lowest BCUT2D eigenvalue weighted by atomic mass is 10.2. The van der Waals surface area contributed by atoms with Crippen LogP contribution in [0.4, 0.5) is 38.1 Å². The van der Waals surface area contributed by atoms with Crippen LogP contribution in [0.25, 0.3) is 0 Å². The highest BCUT2D eigenvalue weighted by atomic mass is 35.5. The number of amides is 3. The Labute approximate surface area is 166 Å². The molecule has 3 rings (SSSR count). The first-order chi connectivity index (χ1) is 13.6. The van der Waals surface area contributed by atoms with Crippen molar-refractivity contribution in [3.05, 3.63) is 58.6 Å². The molecule has 0 bridgehead atoms. The number of halogens is 6. The fraction of sp³-hybridized carbons (Fsp3) is 0.222. The van der Waals surface area contributed by atoms with Crippen LogP contribution >= 0.6 is 11.6 Å². The Morgan fingerprint density at radius 1 is 1.07 bits per heavy atom. The first-order valence-corrected chi connectivity index (χ1v) is 8.62. The monoisotopic (exact) mass is 433 g/mol. The number of nitrogens with one attached hydrogen (secondary N) is 1. The first-order valence-electron chi connectivity index (χ1n) is 8.24. The van der Waals surface area contributed by atoms with Crippen LogP contribution < -0.4 is 10.2 Å². The second kappa shape index (κ2) is 7.86. The molecule has 3 amide bonds. The SMILES string of the molecule is O=C(CN1CCN(c2ccc(F)c(F)c2)C1=O)Nc1cc(C(F)(F)F)ccc1Cl. The molecule has 1 N–H and O–H groups in total. The normalized spacial score (nSPS) is 14.5. The highest BCUT2D eigenvalue weighted by Gasteiger charge is 2.33. The Bertz CT molecular complexity index is 967. The molecule has 2 aromatic carbocycles. The highest BCUT2D eigenvalue weighted by molar-refractivity contribution is 6.33. The lowest BCUT2D eigenvalue weighted by molar-refractivity contribution is -0.137. The van der Waals surface area contributed by atoms with Gasteiger partial charge in [-0.15, -0.1) is 0 Å². The van der Waals surface area contributed by atoms with E-state index in [1.807, 2.05) is 0 Å². The van der Waals surface area contributed by atoms with Gasteiger partial charge in [0, 0.05) is 24.8 Å². The fourth-order valence-electron chi connectivity index (χ4n) is 2.78. The Kier molecular flexibility index (Phi) is 5.65. The second-order valence-electron chi connectivity index (χ2n) is 6.19. The average molecular weight is 434 g/mol. The Balaban J connectivity index is 1.67. The highest BCUT2D eigenvalue weighted by Crippen LogP contribution is 2.33. The van der Waals surface area contributed by atoms with E-state index in [9.17, 15) is 31.5 Å². The minimum atomic E-state index is -4.61. The molecule has 29 heavy (non-hydrogen) atoms. The summed E-state index contributed by atoms with van der Waals surface area (Å²) >= 11 is 5.83. The van der Waals surface area contributed by atoms with E-state index in [0.29, 0.717) is 6.07 Å². The molecule has 1 heterocycles. The molecular weight excluding hydrogens is 421 g/mol. The van der Waals surface area contributed by atoms with Crippen LogP contribution in [0.2, 0.25) is 5.02 Å². The van der Waals surface area contributed by atoms with Crippen molar-refractivity contribution in [3.8, 4) is 0 Å². The molecule has 0 aliphatic carbocycles. The van der Waals surface area contributed by atoms with Gasteiger partial charge in [0.15, 0.2) is 11.6 Å². The van der Waals surface area contributed by atoms with Gasteiger partial charge in [0.1, 0.15) is 6.54 Å². The van der Waals surface area contributed by atoms with Crippen molar-refractivity contribution in [3.63, 3.8) is 0 Å². The third kappa shape index (κ3) is 4.58. The molecular formula is C18H13ClF5N3O2. The number of anilines is 2. The molecule has 1 aliphatic heterocycles. The quantitative estimate of drug-likeness (QED) is 0.721. The van der Waals surface area contributed by atoms with Crippen LogP contribution in [-0.4, -0.2) is 36.5 Å². The van der Waals surface area contributed by atoms with Gasteiger partial charge < -0.3 is 10.2 Å². The standard InChI is InChI=1S/C18H13ClF5N3O2/c19-12-3-1-10(18(22,23)24)7-15(12)25-16(28)9-26-5-6-27(17(26)29)11-2-4-13(20)14(21)8-11/h1-4,7-8H,5-6,9H2,(H,25,28). The van der Waals surface area contributed by atoms with Crippen LogP contribution in [0, 0.1) is 11.6 Å². The zero-order valence-corrected chi connectivity index (χ0v) is 15.3. The van der Waals surface area contributed by atoms with Crippen molar-refractivity contribution in [2.45, 2.75) is 6.18 Å². The molecule has 1 aliphatic rings. The molecule has 0 radical (unpaired) electrons. The number of hydrogen-bond acceptors (Lipinski definition) is 2. The van der Waals surface area contributed by atoms with Gasteiger partial charge in [0.05, 0.1) is 16.3 Å². The van der Waals surface area contributed by atoms with Crippen molar-refractivity contribution in [2.24, 2.45) is 0 Å². The lowest BCUT2D eigenvalue weighted by Crippen LogP contribution is -2.37. The van der Waals surface area contributed by atoms with E-state index in [1.54, 1.807) is 0 Å². The van der Waals surface area contributed by atoms with Crippen molar-refractivity contribution in [1.29, 1.82) is 0 Å². The molecule has 0 atom stereocenters. The summed E-state index contributed by atoms with van der Waals surface area (Å²) in [7, 11) is 0. The molecule has 2 aromatic rings. The van der Waals surface area contributed by atoms with E-state index in [1.165, 1.54) is 6.07 Å². The van der Waals surface area contributed by atoms with E-state index < -0.39 is 41.9 Å². The van der Waals surface area contributed by atoms with E-state index >= 15 is 0 Å². The topological polar surface area (TPSA) is 52.7 Å². The minimum absolute atomic E-state index is 0.0949. The van der Waals surface area contributed by atoms with E-state index in [0.717, 1.165) is 34.1 Å². The van der Waals surface area contributed by atoms with Gasteiger partial charge in [-0.25, -0.2) is 13.6 Å². The zero-order valence-electron chi connectivity index (χ0n) is 14.6. The van der Waals surface area contributed by atoms with Gasteiger partial charge in [-0.05, 0) is 30.3 Å². The number of alkyl halides is 3. The van der Waals surface area contributed by atoms with Gasteiger partial charge in [0.2, 0.25) is 5.91 Å². The van der Waals surface area contributed by atoms with Crippen LogP contribution in [0.1, 0.15) is 5.56 Å². The lowest BCUT2D eigenvalue weighted by Gasteiger charge is -2.19. The maximum absolute atomic E-state index is 13.4. The van der Waals surface area contributed by atoms with Crippen molar-refractivity contribution in [2.75, 3.05) is 29.9 Å². The van der Waals surface area contributed by atoms with Gasteiger partial charge in [0.25, 0.3) is 0 Å². The average Bonchev–Trinajstić information content (AvgIpc) is 2.99. The summed E-state index contributed by atoms with van der Waals surface area (Å²) in [5.74, 6) is -2.94. The summed E-state index contributed by atoms with van der Waals surface area (Å²) in [6, 6.07) is 4.82. The molecule has 0 saturated carbocycles. The summed E-state index contributed by atoms with van der Waals surface area (Å²) in [6.07, 6.45) is -4.61. The van der Waals surface area contributed by atoms with Gasteiger partial charge in [-0.2, -0.15) is 13.2 Å². The predicted molar refractivity (Wildman–Crippen MR) is 95.8 cm³/mol. The van der Waals surface area contributed by atoms with E-state index in [2.05, 4.69) is 5.32 Å². The summed E-state index contributed by atoms with van der Waals surface area (Å²) in [5.41, 5.74) is -1.10. The van der Waals surface area contributed by atoms with Gasteiger partial charge in [-0.3, -0.25) is 9.69 Å². The van der Waals surface area contributed by atoms with Crippen LogP contribution in [0.5, 0.6) is 0 Å². The number of carbonyl (C=O) groups excluding carboxylic acids is 2. The number of benzene rings is 2. The van der Waals surface area contributed by atoms with E-state index in [4.69, 9.17) is 11.6 Å². The third-order valence-corrected chi connectivity index (χ3v) is 4.54.